The van der Waals surface area contributed by atoms with Gasteiger partial charge in [0.25, 0.3) is 0 Å². The quantitative estimate of drug-likeness (QED) is 0.725. The van der Waals surface area contributed by atoms with Gasteiger partial charge in [-0.3, -0.25) is 0 Å². The number of primary sulfonamides is 1. The molecule has 17 heavy (non-hydrogen) atoms. The van der Waals surface area contributed by atoms with Gasteiger partial charge < -0.3 is 15.4 Å². The summed E-state index contributed by atoms with van der Waals surface area (Å²) < 4.78 is 27.2. The van der Waals surface area contributed by atoms with Crippen molar-refractivity contribution in [2.24, 2.45) is 5.14 Å². The van der Waals surface area contributed by atoms with Crippen LogP contribution in [-0.2, 0) is 14.8 Å². The fourth-order valence-electron chi connectivity index (χ4n) is 1.41. The van der Waals surface area contributed by atoms with Crippen LogP contribution in [0.15, 0.2) is 23.1 Å². The first-order valence-corrected chi connectivity index (χ1v) is 6.53. The predicted octanol–water partition coefficient (Wildman–Crippen LogP) is -0.00120. The number of nitrogens with two attached hydrogens (primary N) is 2. The van der Waals surface area contributed by atoms with Crippen LogP contribution in [0.2, 0.25) is 0 Å². The molecule has 1 aromatic carbocycles. The number of ether oxygens (including phenoxy) is 1. The van der Waals surface area contributed by atoms with Gasteiger partial charge in [0.15, 0.2) is 0 Å². The van der Waals surface area contributed by atoms with Gasteiger partial charge in [0.1, 0.15) is 0 Å². The number of benzene rings is 1. The number of sulfonamides is 1. The van der Waals surface area contributed by atoms with Gasteiger partial charge in [-0.15, -0.1) is 0 Å². The summed E-state index contributed by atoms with van der Waals surface area (Å²) in [4.78, 5) is 1.89. The Balaban J connectivity index is 2.98. The Morgan fingerprint density at radius 1 is 1.41 bits per heavy atom. The smallest absolute Gasteiger partial charge is 0.238 e. The highest BCUT2D eigenvalue weighted by Gasteiger charge is 2.11. The maximum Gasteiger partial charge on any atom is 0.238 e. The van der Waals surface area contributed by atoms with Crippen molar-refractivity contribution in [3.05, 3.63) is 18.2 Å². The highest BCUT2D eigenvalue weighted by molar-refractivity contribution is 7.89. The van der Waals surface area contributed by atoms with Crippen molar-refractivity contribution in [2.45, 2.75) is 4.90 Å². The van der Waals surface area contributed by atoms with Crippen LogP contribution in [-0.4, -0.2) is 35.7 Å². The second-order valence-electron chi connectivity index (χ2n) is 3.68. The molecule has 0 spiro atoms. The van der Waals surface area contributed by atoms with E-state index in [4.69, 9.17) is 15.6 Å². The number of likely N-dealkylation sites (N-methyl/N-ethyl adjacent to an activating group) is 1. The van der Waals surface area contributed by atoms with Crippen molar-refractivity contribution in [2.75, 3.05) is 37.9 Å². The van der Waals surface area contributed by atoms with Crippen molar-refractivity contribution in [3.8, 4) is 0 Å². The lowest BCUT2D eigenvalue weighted by Gasteiger charge is -2.20. The number of methoxy groups -OCH3 is 1. The maximum atomic E-state index is 11.1. The number of nitrogens with zero attached hydrogens (tertiary/aromatic N) is 1. The van der Waals surface area contributed by atoms with Gasteiger partial charge in [-0.1, -0.05) is 0 Å². The molecule has 0 bridgehead atoms. The lowest BCUT2D eigenvalue weighted by Crippen LogP contribution is -2.23. The summed E-state index contributed by atoms with van der Waals surface area (Å²) >= 11 is 0. The van der Waals surface area contributed by atoms with Gasteiger partial charge in [-0.25, -0.2) is 13.6 Å². The molecule has 1 aromatic rings. The van der Waals surface area contributed by atoms with Gasteiger partial charge in [-0.05, 0) is 18.2 Å². The summed E-state index contributed by atoms with van der Waals surface area (Å²) in [6.07, 6.45) is 0. The van der Waals surface area contributed by atoms with Crippen LogP contribution in [0, 0.1) is 0 Å². The average Bonchev–Trinajstić information content (AvgIpc) is 2.24. The largest absolute Gasteiger partial charge is 0.397 e. The highest BCUT2D eigenvalue weighted by atomic mass is 32.2. The Hall–Kier alpha value is -1.31. The van der Waals surface area contributed by atoms with Crippen molar-refractivity contribution in [1.29, 1.82) is 0 Å². The van der Waals surface area contributed by atoms with Gasteiger partial charge in [0.2, 0.25) is 10.0 Å². The van der Waals surface area contributed by atoms with Crippen molar-refractivity contribution < 1.29 is 13.2 Å². The van der Waals surface area contributed by atoms with E-state index in [1.807, 2.05) is 11.9 Å². The zero-order chi connectivity index (χ0) is 13.1. The second-order valence-corrected chi connectivity index (χ2v) is 5.24. The Morgan fingerprint density at radius 2 is 2.06 bits per heavy atom. The van der Waals surface area contributed by atoms with E-state index < -0.39 is 10.0 Å². The van der Waals surface area contributed by atoms with Crippen LogP contribution in [0.5, 0.6) is 0 Å². The Morgan fingerprint density at radius 3 is 2.53 bits per heavy atom. The number of hydrogen-bond acceptors (Lipinski definition) is 5. The summed E-state index contributed by atoms with van der Waals surface area (Å²) in [7, 11) is -0.247. The molecule has 0 fully saturated rings. The topological polar surface area (TPSA) is 98.6 Å². The molecule has 96 valence electrons. The Labute approximate surface area is 101 Å². The molecule has 0 unspecified atom stereocenters. The molecule has 0 atom stereocenters. The van der Waals surface area contributed by atoms with Gasteiger partial charge in [0, 0.05) is 20.7 Å². The minimum atomic E-state index is -3.71. The minimum absolute atomic E-state index is 0.0129. The molecule has 0 saturated carbocycles. The molecule has 0 amide bonds. The monoisotopic (exact) mass is 259 g/mol. The average molecular weight is 259 g/mol. The van der Waals surface area contributed by atoms with E-state index in [0.29, 0.717) is 18.8 Å². The summed E-state index contributed by atoms with van der Waals surface area (Å²) in [5.41, 5.74) is 6.90. The van der Waals surface area contributed by atoms with E-state index in [2.05, 4.69) is 0 Å². The highest BCUT2D eigenvalue weighted by Crippen LogP contribution is 2.24. The number of rotatable bonds is 5. The summed E-state index contributed by atoms with van der Waals surface area (Å²) in [6, 6.07) is 4.42. The van der Waals surface area contributed by atoms with E-state index in [0.717, 1.165) is 5.69 Å². The third-order valence-electron chi connectivity index (χ3n) is 2.37. The normalized spacial score (nSPS) is 11.5. The Kier molecular flexibility index (Phi) is 4.33. The lowest BCUT2D eigenvalue weighted by atomic mass is 10.2. The van der Waals surface area contributed by atoms with E-state index in [1.165, 1.54) is 12.1 Å². The molecule has 7 heteroatoms. The fraction of sp³-hybridized carbons (Fsp3) is 0.400. The van der Waals surface area contributed by atoms with Crippen molar-refractivity contribution >= 4 is 21.4 Å². The molecule has 0 radical (unpaired) electrons. The molecular weight excluding hydrogens is 242 g/mol. The van der Waals surface area contributed by atoms with E-state index in [1.54, 1.807) is 13.2 Å². The van der Waals surface area contributed by atoms with Gasteiger partial charge in [0.05, 0.1) is 22.9 Å². The molecule has 6 nitrogen and oxygen atoms in total. The van der Waals surface area contributed by atoms with Gasteiger partial charge >= 0.3 is 0 Å². The maximum absolute atomic E-state index is 11.1. The van der Waals surface area contributed by atoms with Crippen LogP contribution in [0.1, 0.15) is 0 Å². The number of anilines is 2. The second kappa shape index (κ2) is 5.35. The van der Waals surface area contributed by atoms with Crippen LogP contribution in [0.3, 0.4) is 0 Å². The summed E-state index contributed by atoms with van der Waals surface area (Å²) in [6.45, 7) is 1.22. The first-order chi connectivity index (χ1) is 7.86. The summed E-state index contributed by atoms with van der Waals surface area (Å²) in [5.74, 6) is 0. The molecule has 0 heterocycles. The molecular formula is C10H17N3O3S. The molecule has 1 rings (SSSR count). The Bertz CT molecular complexity index is 488. The molecule has 0 aromatic heterocycles. The van der Waals surface area contributed by atoms with E-state index >= 15 is 0 Å². The molecule has 0 saturated heterocycles. The van der Waals surface area contributed by atoms with Crippen LogP contribution in [0.25, 0.3) is 0 Å². The number of nitrogen functional groups attached to an aromatic ring is 1. The SMILES string of the molecule is COCCN(C)c1ccc(S(N)(=O)=O)cc1N. The third-order valence-corrected chi connectivity index (χ3v) is 3.28. The van der Waals surface area contributed by atoms with Crippen LogP contribution < -0.4 is 15.8 Å². The van der Waals surface area contributed by atoms with Crippen LogP contribution in [0.4, 0.5) is 11.4 Å². The van der Waals surface area contributed by atoms with Gasteiger partial charge in [-0.2, -0.15) is 0 Å². The predicted molar refractivity (Wildman–Crippen MR) is 67.4 cm³/mol. The molecule has 0 aliphatic rings. The van der Waals surface area contributed by atoms with E-state index in [-0.39, 0.29) is 4.90 Å². The zero-order valence-corrected chi connectivity index (χ0v) is 10.7. The first kappa shape index (κ1) is 13.8. The van der Waals surface area contributed by atoms with E-state index in [9.17, 15) is 8.42 Å². The van der Waals surface area contributed by atoms with Crippen molar-refractivity contribution in [1.82, 2.24) is 0 Å². The molecule has 0 aliphatic carbocycles. The molecule has 0 aliphatic heterocycles. The minimum Gasteiger partial charge on any atom is -0.397 e. The van der Waals surface area contributed by atoms with Crippen LogP contribution >= 0.6 is 0 Å². The zero-order valence-electron chi connectivity index (χ0n) is 9.88. The number of hydrogen-bond donors (Lipinski definition) is 2. The third kappa shape index (κ3) is 3.58. The fourth-order valence-corrected chi connectivity index (χ4v) is 1.95. The standard InChI is InChI=1S/C10H17N3O3S/c1-13(5-6-16-2)10-4-3-8(7-9(10)11)17(12,14)15/h3-4,7H,5-6,11H2,1-2H3,(H2,12,14,15). The summed E-state index contributed by atoms with van der Waals surface area (Å²) in [5, 5.41) is 5.02. The lowest BCUT2D eigenvalue weighted by molar-refractivity contribution is 0.206. The van der Waals surface area contributed by atoms with Crippen molar-refractivity contribution in [3.63, 3.8) is 0 Å². The molecule has 4 N–H and O–H groups in total. The first-order valence-electron chi connectivity index (χ1n) is 4.98.